The lowest BCUT2D eigenvalue weighted by atomic mass is 9.86. The van der Waals surface area contributed by atoms with Crippen LogP contribution in [0.2, 0.25) is 0 Å². The highest BCUT2D eigenvalue weighted by atomic mass is 16.4. The zero-order valence-corrected chi connectivity index (χ0v) is 12.6. The van der Waals surface area contributed by atoms with Crippen LogP contribution in [0.5, 0.6) is 0 Å². The topological polar surface area (TPSA) is 49.3 Å². The maximum atomic E-state index is 11.5. The van der Waals surface area contributed by atoms with Gasteiger partial charge in [0.25, 0.3) is 0 Å². The Balaban J connectivity index is 2.14. The first-order valence-electron chi connectivity index (χ1n) is 7.47. The van der Waals surface area contributed by atoms with Gasteiger partial charge in [-0.1, -0.05) is 57.9 Å². The quantitative estimate of drug-likeness (QED) is 0.882. The summed E-state index contributed by atoms with van der Waals surface area (Å²) in [6.45, 7) is 6.48. The van der Waals surface area contributed by atoms with Gasteiger partial charge in [-0.2, -0.15) is 0 Å². The van der Waals surface area contributed by atoms with Gasteiger partial charge in [-0.05, 0) is 29.4 Å². The van der Waals surface area contributed by atoms with Crippen molar-refractivity contribution in [2.45, 2.75) is 64.0 Å². The highest BCUT2D eigenvalue weighted by molar-refractivity contribution is 5.75. The molecule has 1 aliphatic carbocycles. The summed E-state index contributed by atoms with van der Waals surface area (Å²) < 4.78 is 0. The van der Waals surface area contributed by atoms with E-state index in [0.29, 0.717) is 6.04 Å². The minimum absolute atomic E-state index is 0.0934. The summed E-state index contributed by atoms with van der Waals surface area (Å²) in [5, 5.41) is 12.7. The number of rotatable bonds is 4. The Hall–Kier alpha value is -1.35. The molecule has 20 heavy (non-hydrogen) atoms. The van der Waals surface area contributed by atoms with Gasteiger partial charge in [0, 0.05) is 6.04 Å². The molecule has 0 spiro atoms. The molecule has 1 fully saturated rings. The first kappa shape index (κ1) is 15.0. The molecule has 1 atom stereocenters. The smallest absolute Gasteiger partial charge is 0.325 e. The zero-order chi connectivity index (χ0) is 14.8. The molecule has 110 valence electrons. The van der Waals surface area contributed by atoms with Crippen LogP contribution in [-0.2, 0) is 10.2 Å². The third-order valence-electron chi connectivity index (χ3n) is 4.11. The molecule has 0 amide bonds. The molecular formula is C17H25NO2. The van der Waals surface area contributed by atoms with Crippen molar-refractivity contribution < 1.29 is 9.90 Å². The van der Waals surface area contributed by atoms with E-state index in [1.165, 1.54) is 18.4 Å². The first-order valence-corrected chi connectivity index (χ1v) is 7.47. The lowest BCUT2D eigenvalue weighted by Gasteiger charge is -2.22. The van der Waals surface area contributed by atoms with Gasteiger partial charge in [0.1, 0.15) is 6.04 Å². The van der Waals surface area contributed by atoms with E-state index in [1.807, 2.05) is 24.3 Å². The summed E-state index contributed by atoms with van der Waals surface area (Å²) in [6, 6.07) is 7.73. The summed E-state index contributed by atoms with van der Waals surface area (Å²) in [5.74, 6) is -0.791. The van der Waals surface area contributed by atoms with E-state index in [-0.39, 0.29) is 5.41 Å². The van der Waals surface area contributed by atoms with Crippen LogP contribution in [0.1, 0.15) is 63.6 Å². The molecule has 2 rings (SSSR count). The van der Waals surface area contributed by atoms with Gasteiger partial charge < -0.3 is 5.11 Å². The van der Waals surface area contributed by atoms with Gasteiger partial charge in [0.05, 0.1) is 0 Å². The fourth-order valence-corrected chi connectivity index (χ4v) is 2.81. The molecule has 1 saturated carbocycles. The van der Waals surface area contributed by atoms with E-state index in [4.69, 9.17) is 0 Å². The highest BCUT2D eigenvalue weighted by Gasteiger charge is 2.25. The summed E-state index contributed by atoms with van der Waals surface area (Å²) in [5.41, 5.74) is 2.17. The molecule has 0 heterocycles. The maximum absolute atomic E-state index is 11.5. The van der Waals surface area contributed by atoms with Crippen molar-refractivity contribution in [3.63, 3.8) is 0 Å². The molecule has 2 N–H and O–H groups in total. The van der Waals surface area contributed by atoms with Crippen LogP contribution in [0.25, 0.3) is 0 Å². The summed E-state index contributed by atoms with van der Waals surface area (Å²) in [7, 11) is 0. The predicted octanol–water partition coefficient (Wildman–Crippen LogP) is 3.64. The van der Waals surface area contributed by atoms with Crippen molar-refractivity contribution in [1.82, 2.24) is 5.32 Å². The summed E-state index contributed by atoms with van der Waals surface area (Å²) in [6.07, 6.45) is 4.58. The van der Waals surface area contributed by atoms with Crippen molar-refractivity contribution in [2.75, 3.05) is 0 Å². The number of carbonyl (C=O) groups is 1. The Morgan fingerprint density at radius 3 is 2.20 bits per heavy atom. The Morgan fingerprint density at radius 2 is 1.75 bits per heavy atom. The van der Waals surface area contributed by atoms with E-state index in [1.54, 1.807) is 0 Å². The van der Waals surface area contributed by atoms with Crippen LogP contribution >= 0.6 is 0 Å². The minimum atomic E-state index is -0.791. The van der Waals surface area contributed by atoms with Crippen molar-refractivity contribution in [3.8, 4) is 0 Å². The molecule has 3 nitrogen and oxygen atoms in total. The van der Waals surface area contributed by atoms with Crippen LogP contribution in [0.15, 0.2) is 24.3 Å². The second-order valence-electron chi connectivity index (χ2n) is 6.79. The van der Waals surface area contributed by atoms with E-state index >= 15 is 0 Å². The van der Waals surface area contributed by atoms with E-state index in [2.05, 4.69) is 26.1 Å². The average molecular weight is 275 g/mol. The summed E-state index contributed by atoms with van der Waals surface area (Å²) >= 11 is 0. The second-order valence-corrected chi connectivity index (χ2v) is 6.79. The molecule has 1 aromatic carbocycles. The zero-order valence-electron chi connectivity index (χ0n) is 12.6. The fourth-order valence-electron chi connectivity index (χ4n) is 2.81. The van der Waals surface area contributed by atoms with E-state index in [0.717, 1.165) is 18.4 Å². The van der Waals surface area contributed by atoms with E-state index in [9.17, 15) is 9.90 Å². The number of nitrogens with one attached hydrogen (secondary N) is 1. The third kappa shape index (κ3) is 3.60. The Bertz CT molecular complexity index is 453. The molecule has 0 aliphatic heterocycles. The largest absolute Gasteiger partial charge is 0.480 e. The van der Waals surface area contributed by atoms with Gasteiger partial charge in [0.2, 0.25) is 0 Å². The normalized spacial score (nSPS) is 18.1. The van der Waals surface area contributed by atoms with Gasteiger partial charge in [-0.25, -0.2) is 0 Å². The number of hydrogen-bond donors (Lipinski definition) is 2. The fraction of sp³-hybridized carbons (Fsp3) is 0.588. The van der Waals surface area contributed by atoms with Crippen molar-refractivity contribution in [1.29, 1.82) is 0 Å². The number of carboxylic acids is 1. The lowest BCUT2D eigenvalue weighted by molar-refractivity contribution is -0.139. The van der Waals surface area contributed by atoms with Crippen LogP contribution in [-0.4, -0.2) is 17.1 Å². The molecule has 0 saturated heterocycles. The van der Waals surface area contributed by atoms with Crippen molar-refractivity contribution in [2.24, 2.45) is 0 Å². The predicted molar refractivity (Wildman–Crippen MR) is 80.9 cm³/mol. The van der Waals surface area contributed by atoms with Crippen LogP contribution < -0.4 is 5.32 Å². The SMILES string of the molecule is CC(C)(C)c1ccc(C(NC2CCCC2)C(=O)O)cc1. The Morgan fingerprint density at radius 1 is 1.20 bits per heavy atom. The van der Waals surface area contributed by atoms with Crippen LogP contribution in [0, 0.1) is 0 Å². The highest BCUT2D eigenvalue weighted by Crippen LogP contribution is 2.26. The maximum Gasteiger partial charge on any atom is 0.325 e. The number of carboxylic acid groups (broad SMARTS) is 1. The molecule has 3 heteroatoms. The number of benzene rings is 1. The molecule has 0 aromatic heterocycles. The van der Waals surface area contributed by atoms with Crippen molar-refractivity contribution in [3.05, 3.63) is 35.4 Å². The molecule has 0 bridgehead atoms. The third-order valence-corrected chi connectivity index (χ3v) is 4.11. The van der Waals surface area contributed by atoms with Crippen LogP contribution in [0.3, 0.4) is 0 Å². The standard InChI is InChI=1S/C17H25NO2/c1-17(2,3)13-10-8-12(9-11-13)15(16(19)20)18-14-6-4-5-7-14/h8-11,14-15,18H,4-7H2,1-3H3,(H,19,20). The van der Waals surface area contributed by atoms with Gasteiger partial charge >= 0.3 is 5.97 Å². The van der Waals surface area contributed by atoms with E-state index < -0.39 is 12.0 Å². The molecule has 1 aliphatic rings. The molecule has 0 radical (unpaired) electrons. The van der Waals surface area contributed by atoms with Gasteiger partial charge in [-0.3, -0.25) is 10.1 Å². The number of hydrogen-bond acceptors (Lipinski definition) is 2. The minimum Gasteiger partial charge on any atom is -0.480 e. The van der Waals surface area contributed by atoms with Gasteiger partial charge in [0.15, 0.2) is 0 Å². The second kappa shape index (κ2) is 5.96. The van der Waals surface area contributed by atoms with Crippen LogP contribution in [0.4, 0.5) is 0 Å². The monoisotopic (exact) mass is 275 g/mol. The average Bonchev–Trinajstić information content (AvgIpc) is 2.87. The first-order chi connectivity index (χ1) is 9.38. The van der Waals surface area contributed by atoms with Crippen molar-refractivity contribution >= 4 is 5.97 Å². The lowest BCUT2D eigenvalue weighted by Crippen LogP contribution is -2.35. The number of aliphatic carboxylic acids is 1. The molecule has 1 aromatic rings. The molecule has 1 unspecified atom stereocenters. The summed E-state index contributed by atoms with van der Waals surface area (Å²) in [4.78, 5) is 11.5. The Kier molecular flexibility index (Phi) is 4.48. The van der Waals surface area contributed by atoms with Gasteiger partial charge in [-0.15, -0.1) is 0 Å². The molecular weight excluding hydrogens is 250 g/mol. The Labute approximate surface area is 121 Å².